The molecular weight excluding hydrogens is 462 g/mol. The van der Waals surface area contributed by atoms with Crippen molar-refractivity contribution in [3.05, 3.63) is 65.4 Å². The van der Waals surface area contributed by atoms with Gasteiger partial charge in [0, 0.05) is 23.8 Å². The van der Waals surface area contributed by atoms with Crippen molar-refractivity contribution < 1.29 is 13.2 Å². The summed E-state index contributed by atoms with van der Waals surface area (Å²) in [7, 11) is -4.23. The highest BCUT2D eigenvalue weighted by Gasteiger charge is 2.41. The molecule has 0 bridgehead atoms. The largest absolute Gasteiger partial charge is 0.383 e. The monoisotopic (exact) mass is 493 g/mol. The summed E-state index contributed by atoms with van der Waals surface area (Å²) in [6, 6.07) is 12.3. The molecule has 3 heterocycles. The third-order valence-electron chi connectivity index (χ3n) is 7.05. The van der Waals surface area contributed by atoms with E-state index in [0.29, 0.717) is 18.3 Å². The third-order valence-corrected chi connectivity index (χ3v) is 8.43. The average Bonchev–Trinajstić information content (AvgIpc) is 3.07. The van der Waals surface area contributed by atoms with Gasteiger partial charge in [0.15, 0.2) is 0 Å². The molecule has 1 aromatic carbocycles. The summed E-state index contributed by atoms with van der Waals surface area (Å²) in [5.41, 5.74) is 9.54. The molecule has 35 heavy (non-hydrogen) atoms. The summed E-state index contributed by atoms with van der Waals surface area (Å²) in [6.07, 6.45) is 2.33. The molecule has 1 fully saturated rings. The van der Waals surface area contributed by atoms with E-state index in [-0.39, 0.29) is 21.8 Å². The molecule has 1 unspecified atom stereocenters. The predicted molar refractivity (Wildman–Crippen MR) is 138 cm³/mol. The molecule has 1 saturated heterocycles. The van der Waals surface area contributed by atoms with Gasteiger partial charge in [0.05, 0.1) is 11.3 Å². The zero-order valence-corrected chi connectivity index (χ0v) is 21.5. The fourth-order valence-electron chi connectivity index (χ4n) is 4.46. The highest BCUT2D eigenvalue weighted by Crippen LogP contribution is 2.39. The van der Waals surface area contributed by atoms with Crippen LogP contribution in [-0.2, 0) is 10.0 Å². The number of aryl methyl sites for hydroxylation is 2. The summed E-state index contributed by atoms with van der Waals surface area (Å²) in [5, 5.41) is 0. The van der Waals surface area contributed by atoms with Crippen LogP contribution in [0.3, 0.4) is 0 Å². The van der Waals surface area contributed by atoms with Crippen molar-refractivity contribution in [3.8, 4) is 11.3 Å². The number of carbonyl (C=O) groups is 1. The molecule has 0 aliphatic carbocycles. The Bertz CT molecular complexity index is 1400. The Balaban J connectivity index is 1.81. The van der Waals surface area contributed by atoms with Gasteiger partial charge in [-0.2, -0.15) is 0 Å². The maximum Gasteiger partial charge on any atom is 0.268 e. The molecule has 4 rings (SSSR count). The standard InChI is InChI=1S/C26H31N5O3S/c1-16-8-9-17(2)20(15-16)21-11-10-19(24(29-21)31-14-12-18(3)26(31,4)5)25(32)30-35(33,34)22-7-6-13-28-23(22)27/h6-11,13,15,18H,12,14H2,1-5H3,(H2,27,28)(H,30,32). The second-order valence-corrected chi connectivity index (χ2v) is 11.4. The smallest absolute Gasteiger partial charge is 0.268 e. The van der Waals surface area contributed by atoms with Crippen molar-refractivity contribution in [2.75, 3.05) is 17.2 Å². The normalized spacial score (nSPS) is 17.4. The number of pyridine rings is 2. The molecule has 0 radical (unpaired) electrons. The number of benzene rings is 1. The molecule has 2 aromatic heterocycles. The van der Waals surface area contributed by atoms with Gasteiger partial charge in [-0.15, -0.1) is 0 Å². The number of sulfonamides is 1. The Kier molecular flexibility index (Phi) is 6.31. The quantitative estimate of drug-likeness (QED) is 0.550. The number of hydrogen-bond donors (Lipinski definition) is 2. The lowest BCUT2D eigenvalue weighted by atomic mass is 9.90. The molecule has 9 heteroatoms. The number of nitrogen functional groups attached to an aromatic ring is 1. The predicted octanol–water partition coefficient (Wildman–Crippen LogP) is 4.09. The SMILES string of the molecule is Cc1ccc(C)c(-c2ccc(C(=O)NS(=O)(=O)c3cccnc3N)c(N3CCC(C)C3(C)C)n2)c1. The molecule has 1 aliphatic heterocycles. The van der Waals surface area contributed by atoms with Gasteiger partial charge in [0.2, 0.25) is 0 Å². The first kappa shape index (κ1) is 24.7. The van der Waals surface area contributed by atoms with Gasteiger partial charge in [-0.3, -0.25) is 4.79 Å². The summed E-state index contributed by atoms with van der Waals surface area (Å²) >= 11 is 0. The number of anilines is 2. The van der Waals surface area contributed by atoms with Crippen molar-refractivity contribution >= 4 is 27.6 Å². The van der Waals surface area contributed by atoms with Crippen molar-refractivity contribution in [1.82, 2.24) is 14.7 Å². The zero-order chi connectivity index (χ0) is 25.5. The number of carbonyl (C=O) groups excluding carboxylic acids is 1. The molecule has 3 N–H and O–H groups in total. The molecule has 184 valence electrons. The Hall–Kier alpha value is -3.46. The minimum atomic E-state index is -4.23. The van der Waals surface area contributed by atoms with E-state index in [9.17, 15) is 13.2 Å². The van der Waals surface area contributed by atoms with Crippen LogP contribution in [0.15, 0.2) is 53.6 Å². The lowest BCUT2D eigenvalue weighted by molar-refractivity contribution is 0.0981. The van der Waals surface area contributed by atoms with Crippen LogP contribution in [0.5, 0.6) is 0 Å². The number of amides is 1. The van der Waals surface area contributed by atoms with E-state index in [1.807, 2.05) is 26.0 Å². The first-order valence-electron chi connectivity index (χ1n) is 11.6. The Labute approximate surface area is 206 Å². The summed E-state index contributed by atoms with van der Waals surface area (Å²) in [6.45, 7) is 11.1. The second-order valence-electron chi connectivity index (χ2n) is 9.70. The number of hydrogen-bond acceptors (Lipinski definition) is 7. The minimum absolute atomic E-state index is 0.175. The Morgan fingerprint density at radius 1 is 1.17 bits per heavy atom. The van der Waals surface area contributed by atoms with Gasteiger partial charge in [-0.25, -0.2) is 23.1 Å². The van der Waals surface area contributed by atoms with Gasteiger partial charge in [-0.1, -0.05) is 24.6 Å². The van der Waals surface area contributed by atoms with Crippen molar-refractivity contribution in [1.29, 1.82) is 0 Å². The zero-order valence-electron chi connectivity index (χ0n) is 20.7. The van der Waals surface area contributed by atoms with Crippen LogP contribution in [0.1, 0.15) is 48.7 Å². The lowest BCUT2D eigenvalue weighted by Gasteiger charge is -2.36. The first-order valence-corrected chi connectivity index (χ1v) is 13.0. The van der Waals surface area contributed by atoms with Crippen molar-refractivity contribution in [3.63, 3.8) is 0 Å². The van der Waals surface area contributed by atoms with Crippen molar-refractivity contribution in [2.45, 2.75) is 51.5 Å². The van der Waals surface area contributed by atoms with E-state index in [1.165, 1.54) is 18.3 Å². The van der Waals surface area contributed by atoms with E-state index in [4.69, 9.17) is 10.7 Å². The molecule has 0 spiro atoms. The molecule has 1 atom stereocenters. The number of nitrogens with zero attached hydrogens (tertiary/aromatic N) is 3. The Morgan fingerprint density at radius 2 is 1.91 bits per heavy atom. The van der Waals surface area contributed by atoms with Crippen molar-refractivity contribution in [2.24, 2.45) is 5.92 Å². The van der Waals surface area contributed by atoms with E-state index >= 15 is 0 Å². The highest BCUT2D eigenvalue weighted by atomic mass is 32.2. The van der Waals surface area contributed by atoms with Gasteiger partial charge in [-0.05, 0) is 75.9 Å². The minimum Gasteiger partial charge on any atom is -0.383 e. The van der Waals surface area contributed by atoms with Gasteiger partial charge in [0.1, 0.15) is 16.5 Å². The van der Waals surface area contributed by atoms with E-state index in [2.05, 4.69) is 41.4 Å². The van der Waals surface area contributed by atoms with E-state index in [0.717, 1.165) is 28.8 Å². The lowest BCUT2D eigenvalue weighted by Crippen LogP contribution is -2.43. The summed E-state index contributed by atoms with van der Waals surface area (Å²) in [4.78, 5) is 24.0. The number of nitrogens with two attached hydrogens (primary N) is 1. The third kappa shape index (κ3) is 4.60. The fourth-order valence-corrected chi connectivity index (χ4v) is 5.51. The number of aromatic nitrogens is 2. The van der Waals surface area contributed by atoms with Crippen LogP contribution in [0.25, 0.3) is 11.3 Å². The molecule has 0 saturated carbocycles. The Morgan fingerprint density at radius 3 is 2.57 bits per heavy atom. The van der Waals surface area contributed by atoms with E-state index in [1.54, 1.807) is 12.1 Å². The van der Waals surface area contributed by atoms with Gasteiger partial charge >= 0.3 is 0 Å². The van der Waals surface area contributed by atoms with Crippen LogP contribution in [0, 0.1) is 19.8 Å². The molecule has 1 amide bonds. The first-order chi connectivity index (χ1) is 16.4. The molecule has 8 nitrogen and oxygen atoms in total. The van der Waals surface area contributed by atoms with Gasteiger partial charge in [0.25, 0.3) is 15.9 Å². The molecule has 1 aliphatic rings. The number of rotatable bonds is 5. The van der Waals surface area contributed by atoms with E-state index < -0.39 is 15.9 Å². The van der Waals surface area contributed by atoms with Crippen LogP contribution in [0.4, 0.5) is 11.6 Å². The van der Waals surface area contributed by atoms with Crippen LogP contribution < -0.4 is 15.4 Å². The van der Waals surface area contributed by atoms with Crippen LogP contribution in [0.2, 0.25) is 0 Å². The molecule has 3 aromatic rings. The average molecular weight is 494 g/mol. The number of nitrogens with one attached hydrogen (secondary N) is 1. The topological polar surface area (TPSA) is 118 Å². The molecular formula is C26H31N5O3S. The summed E-state index contributed by atoms with van der Waals surface area (Å²) in [5.74, 6) is -0.113. The summed E-state index contributed by atoms with van der Waals surface area (Å²) < 4.78 is 28.0. The fraction of sp³-hybridized carbons (Fsp3) is 0.346. The van der Waals surface area contributed by atoms with Crippen LogP contribution >= 0.6 is 0 Å². The van der Waals surface area contributed by atoms with Crippen LogP contribution in [-0.4, -0.2) is 36.4 Å². The maximum atomic E-state index is 13.4. The second kappa shape index (κ2) is 8.96. The maximum absolute atomic E-state index is 13.4. The highest BCUT2D eigenvalue weighted by molar-refractivity contribution is 7.90. The van der Waals surface area contributed by atoms with Gasteiger partial charge < -0.3 is 10.6 Å².